The van der Waals surface area contributed by atoms with Crippen LogP contribution in [-0.2, 0) is 0 Å². The normalized spacial score (nSPS) is 11.9. The quantitative estimate of drug-likeness (QED) is 0.180. The molecule has 0 aliphatic rings. The number of carbonyl (C=O) groups excluding carboxylic acids is 1. The van der Waals surface area contributed by atoms with Gasteiger partial charge in [0.05, 0.1) is 29.0 Å². The molecule has 0 unspecified atom stereocenters. The number of nitrogens with two attached hydrogens (primary N) is 2. The number of amides is 1. The molecule has 6 nitrogen and oxygen atoms in total. The Bertz CT molecular complexity index is 1340. The average Bonchev–Trinajstić information content (AvgIpc) is 2.89. The zero-order chi connectivity index (χ0) is 26.8. The minimum Gasteiger partial charge on any atom is -0.494 e. The van der Waals surface area contributed by atoms with E-state index in [1.807, 2.05) is 44.4 Å². The fraction of sp³-hybridized carbons (Fsp3) is 0.214. The smallest absolute Gasteiger partial charge is 0.259 e. The van der Waals surface area contributed by atoms with Crippen molar-refractivity contribution in [3.05, 3.63) is 86.9 Å². The molecule has 8 heteroatoms. The van der Waals surface area contributed by atoms with Gasteiger partial charge in [0.2, 0.25) is 0 Å². The molecule has 1 amide bonds. The number of hydrogen-bond acceptors (Lipinski definition) is 6. The van der Waals surface area contributed by atoms with Gasteiger partial charge >= 0.3 is 0 Å². The number of benzene rings is 3. The maximum Gasteiger partial charge on any atom is 0.259 e. The van der Waals surface area contributed by atoms with Crippen LogP contribution in [0.4, 0.5) is 11.4 Å². The van der Waals surface area contributed by atoms with Crippen LogP contribution in [0.15, 0.2) is 76.3 Å². The number of methoxy groups -OCH3 is 1. The Labute approximate surface area is 221 Å². The van der Waals surface area contributed by atoms with Gasteiger partial charge in [0, 0.05) is 16.1 Å². The molecule has 0 heterocycles. The number of thioether (sulfide) groups is 1. The SMILES string of the molecule is CC/C(C)=C(C)/C(C#N)=C(/N)SC.COc1c(C(=O)Nc2ccc(Cl)cc2)cc2ccccc2c1N. The van der Waals surface area contributed by atoms with Crippen molar-refractivity contribution >= 4 is 51.4 Å². The van der Waals surface area contributed by atoms with Gasteiger partial charge in [-0.05, 0) is 67.8 Å². The molecular weight excluding hydrogens is 492 g/mol. The van der Waals surface area contributed by atoms with Gasteiger partial charge in [-0.2, -0.15) is 5.26 Å². The molecule has 188 valence electrons. The Morgan fingerprint density at radius 3 is 2.36 bits per heavy atom. The van der Waals surface area contributed by atoms with E-state index in [0.717, 1.165) is 22.8 Å². The fourth-order valence-corrected chi connectivity index (χ4v) is 3.91. The molecular formula is C28H31ClN4O2S. The number of ether oxygens (including phenoxy) is 1. The van der Waals surface area contributed by atoms with E-state index in [9.17, 15) is 4.79 Å². The molecule has 0 aliphatic heterocycles. The molecule has 0 atom stereocenters. The Kier molecular flexibility index (Phi) is 10.7. The van der Waals surface area contributed by atoms with E-state index in [1.165, 1.54) is 24.4 Å². The third-order valence-corrected chi connectivity index (χ3v) is 6.61. The van der Waals surface area contributed by atoms with Gasteiger partial charge in [0.15, 0.2) is 5.75 Å². The van der Waals surface area contributed by atoms with E-state index in [-0.39, 0.29) is 5.91 Å². The molecule has 0 aliphatic carbocycles. The Morgan fingerprint density at radius 2 is 1.81 bits per heavy atom. The molecule has 3 aromatic carbocycles. The fourth-order valence-electron chi connectivity index (χ4n) is 3.38. The number of nitrogens with zero attached hydrogens (tertiary/aromatic N) is 1. The number of fused-ring (bicyclic) bond motifs is 1. The van der Waals surface area contributed by atoms with Crippen LogP contribution in [-0.4, -0.2) is 19.3 Å². The molecule has 0 saturated heterocycles. The zero-order valence-electron chi connectivity index (χ0n) is 21.1. The highest BCUT2D eigenvalue weighted by atomic mass is 35.5. The van der Waals surface area contributed by atoms with Crippen molar-refractivity contribution in [3.8, 4) is 11.8 Å². The molecule has 3 rings (SSSR count). The Balaban J connectivity index is 0.000000302. The summed E-state index contributed by atoms with van der Waals surface area (Å²) in [5, 5.41) is 14.7. The highest BCUT2D eigenvalue weighted by Gasteiger charge is 2.18. The first-order valence-corrected chi connectivity index (χ1v) is 12.8. The zero-order valence-corrected chi connectivity index (χ0v) is 22.7. The van der Waals surface area contributed by atoms with Crippen LogP contribution in [0.5, 0.6) is 5.75 Å². The Morgan fingerprint density at radius 1 is 1.17 bits per heavy atom. The highest BCUT2D eigenvalue weighted by molar-refractivity contribution is 8.02. The number of allylic oxidation sites excluding steroid dienone is 3. The summed E-state index contributed by atoms with van der Waals surface area (Å²) in [6.07, 6.45) is 2.83. The van der Waals surface area contributed by atoms with E-state index >= 15 is 0 Å². The van der Waals surface area contributed by atoms with Gasteiger partial charge in [0.25, 0.3) is 5.91 Å². The molecule has 0 spiro atoms. The summed E-state index contributed by atoms with van der Waals surface area (Å²) in [4.78, 5) is 12.6. The summed E-state index contributed by atoms with van der Waals surface area (Å²) in [5.74, 6) is 0.0804. The van der Waals surface area contributed by atoms with Crippen LogP contribution < -0.4 is 21.5 Å². The highest BCUT2D eigenvalue weighted by Crippen LogP contribution is 2.35. The van der Waals surface area contributed by atoms with Crippen LogP contribution in [0.25, 0.3) is 10.8 Å². The second-order valence-corrected chi connectivity index (χ2v) is 9.15. The van der Waals surface area contributed by atoms with Crippen molar-refractivity contribution in [2.75, 3.05) is 24.4 Å². The molecule has 5 N–H and O–H groups in total. The van der Waals surface area contributed by atoms with Crippen LogP contribution in [0, 0.1) is 11.3 Å². The standard InChI is InChI=1S/C18H15ClN2O2.C10H16N2S/c1-23-17-15(10-11-4-2-3-5-14(11)16(17)20)18(22)21-13-8-6-12(19)7-9-13;1-5-7(2)8(3)9(6-11)10(12)13-4/h2-10H,20H2,1H3,(H,21,22);5,12H2,1-4H3/b;8-7+,10-9-. The van der Waals surface area contributed by atoms with Gasteiger partial charge in [-0.3, -0.25) is 4.79 Å². The summed E-state index contributed by atoms with van der Waals surface area (Å²) >= 11 is 7.26. The van der Waals surface area contributed by atoms with Crippen molar-refractivity contribution in [3.63, 3.8) is 0 Å². The molecule has 0 saturated carbocycles. The summed E-state index contributed by atoms with van der Waals surface area (Å²) in [5.41, 5.74) is 16.2. The number of nitriles is 1. The third-order valence-electron chi connectivity index (χ3n) is 5.71. The number of carbonyl (C=O) groups is 1. The van der Waals surface area contributed by atoms with E-state index in [1.54, 1.807) is 30.3 Å². The van der Waals surface area contributed by atoms with Crippen molar-refractivity contribution in [1.82, 2.24) is 0 Å². The van der Waals surface area contributed by atoms with Crippen LogP contribution in [0.1, 0.15) is 37.6 Å². The average molecular weight is 523 g/mol. The first kappa shape index (κ1) is 28.6. The first-order chi connectivity index (χ1) is 17.2. The predicted octanol–water partition coefficient (Wildman–Crippen LogP) is 7.13. The number of rotatable bonds is 6. The molecule has 0 fully saturated rings. The third kappa shape index (κ3) is 6.97. The lowest BCUT2D eigenvalue weighted by Crippen LogP contribution is -2.14. The monoisotopic (exact) mass is 522 g/mol. The van der Waals surface area contributed by atoms with Gasteiger partial charge < -0.3 is 21.5 Å². The maximum absolute atomic E-state index is 12.6. The van der Waals surface area contributed by atoms with Gasteiger partial charge in [-0.1, -0.05) is 48.4 Å². The van der Waals surface area contributed by atoms with Crippen LogP contribution in [0.2, 0.25) is 5.02 Å². The van der Waals surface area contributed by atoms with Gasteiger partial charge in [-0.25, -0.2) is 0 Å². The largest absolute Gasteiger partial charge is 0.494 e. The molecule has 0 aromatic heterocycles. The second-order valence-electron chi connectivity index (χ2n) is 7.87. The van der Waals surface area contributed by atoms with Crippen molar-refractivity contribution in [1.29, 1.82) is 5.26 Å². The van der Waals surface area contributed by atoms with Crippen LogP contribution >= 0.6 is 23.4 Å². The number of anilines is 2. The molecule has 3 aromatic rings. The minimum atomic E-state index is -0.290. The second kappa shape index (κ2) is 13.5. The Hall–Kier alpha value is -3.60. The van der Waals surface area contributed by atoms with Crippen molar-refractivity contribution in [2.45, 2.75) is 27.2 Å². The van der Waals surface area contributed by atoms with E-state index < -0.39 is 0 Å². The van der Waals surface area contributed by atoms with E-state index in [4.69, 9.17) is 33.1 Å². The van der Waals surface area contributed by atoms with Crippen molar-refractivity contribution in [2.24, 2.45) is 5.73 Å². The minimum absolute atomic E-state index is 0.290. The summed E-state index contributed by atoms with van der Waals surface area (Å²) in [6.45, 7) is 6.05. The molecule has 0 radical (unpaired) electrons. The van der Waals surface area contributed by atoms with Gasteiger partial charge in [0.1, 0.15) is 6.07 Å². The number of hydrogen-bond donors (Lipinski definition) is 3. The first-order valence-electron chi connectivity index (χ1n) is 11.2. The topological polar surface area (TPSA) is 114 Å². The van der Waals surface area contributed by atoms with E-state index in [0.29, 0.717) is 38.3 Å². The van der Waals surface area contributed by atoms with Gasteiger partial charge in [-0.15, -0.1) is 11.8 Å². The maximum atomic E-state index is 12.6. The van der Waals surface area contributed by atoms with Crippen LogP contribution in [0.3, 0.4) is 0 Å². The lowest BCUT2D eigenvalue weighted by Gasteiger charge is -2.14. The summed E-state index contributed by atoms with van der Waals surface area (Å²) in [7, 11) is 1.50. The number of halogens is 1. The molecule has 36 heavy (non-hydrogen) atoms. The predicted molar refractivity (Wildman–Crippen MR) is 153 cm³/mol. The summed E-state index contributed by atoms with van der Waals surface area (Å²) < 4.78 is 5.36. The number of nitrogens with one attached hydrogen (secondary N) is 1. The summed E-state index contributed by atoms with van der Waals surface area (Å²) in [6, 6.07) is 18.4. The van der Waals surface area contributed by atoms with E-state index in [2.05, 4.69) is 18.3 Å². The van der Waals surface area contributed by atoms with Crippen molar-refractivity contribution < 1.29 is 9.53 Å². The lowest BCUT2D eigenvalue weighted by atomic mass is 10.0. The molecule has 0 bridgehead atoms. The number of nitrogen functional groups attached to an aromatic ring is 1. The lowest BCUT2D eigenvalue weighted by molar-refractivity contribution is 0.102.